The highest BCUT2D eigenvalue weighted by atomic mass is 32.1. The fraction of sp³-hybridized carbons (Fsp3) is 0.769. The molecule has 0 saturated heterocycles. The summed E-state index contributed by atoms with van der Waals surface area (Å²) in [5.41, 5.74) is 1.12. The second-order valence-corrected chi connectivity index (χ2v) is 6.29. The number of hydrogen-bond donors (Lipinski definition) is 1. The van der Waals surface area contributed by atoms with E-state index in [1.54, 1.807) is 7.11 Å². The van der Waals surface area contributed by atoms with Gasteiger partial charge in [-0.2, -0.15) is 0 Å². The second kappa shape index (κ2) is 6.61. The van der Waals surface area contributed by atoms with Crippen LogP contribution in [0.1, 0.15) is 28.4 Å². The van der Waals surface area contributed by atoms with Crippen LogP contribution < -0.4 is 5.32 Å². The molecule has 4 nitrogen and oxygen atoms in total. The van der Waals surface area contributed by atoms with Crippen LogP contribution in [0.4, 0.5) is 0 Å². The van der Waals surface area contributed by atoms with Gasteiger partial charge in [-0.15, -0.1) is 11.3 Å². The fourth-order valence-electron chi connectivity index (χ4n) is 1.78. The van der Waals surface area contributed by atoms with Crippen LogP contribution in [0.2, 0.25) is 0 Å². The Bertz CT molecular complexity index is 374. The molecule has 0 aliphatic heterocycles. The van der Waals surface area contributed by atoms with E-state index in [9.17, 15) is 0 Å². The lowest BCUT2D eigenvalue weighted by Gasteiger charge is -2.06. The number of methoxy groups -OCH3 is 1. The Hall–Kier alpha value is -0.490. The zero-order valence-corrected chi connectivity index (χ0v) is 12.3. The zero-order chi connectivity index (χ0) is 13.0. The third-order valence-electron chi connectivity index (χ3n) is 3.01. The van der Waals surface area contributed by atoms with Crippen LogP contribution in [0.15, 0.2) is 0 Å². The maximum Gasteiger partial charge on any atom is 0.0945 e. The number of nitrogens with one attached hydrogen (secondary N) is 1. The average Bonchev–Trinajstić information content (AvgIpc) is 3.07. The fourth-order valence-corrected chi connectivity index (χ4v) is 2.79. The van der Waals surface area contributed by atoms with Crippen molar-refractivity contribution in [2.75, 3.05) is 27.7 Å². The van der Waals surface area contributed by atoms with Gasteiger partial charge in [0, 0.05) is 37.5 Å². The lowest BCUT2D eigenvalue weighted by molar-refractivity contribution is 0.181. The average molecular weight is 269 g/mol. The molecule has 5 heteroatoms. The van der Waals surface area contributed by atoms with Crippen molar-refractivity contribution >= 4 is 11.3 Å². The summed E-state index contributed by atoms with van der Waals surface area (Å²) in [5.74, 6) is 0. The van der Waals surface area contributed by atoms with Crippen LogP contribution in [0.5, 0.6) is 0 Å². The van der Waals surface area contributed by atoms with E-state index in [0.717, 1.165) is 31.2 Å². The predicted molar refractivity (Wildman–Crippen MR) is 74.9 cm³/mol. The van der Waals surface area contributed by atoms with Crippen LogP contribution in [0.3, 0.4) is 0 Å². The minimum atomic E-state index is 0.625. The third-order valence-corrected chi connectivity index (χ3v) is 4.16. The first kappa shape index (κ1) is 13.9. The molecule has 102 valence electrons. The molecule has 1 saturated carbocycles. The number of thiazole rings is 1. The lowest BCUT2D eigenvalue weighted by atomic mass is 10.3. The molecule has 0 amide bonds. The van der Waals surface area contributed by atoms with E-state index in [-0.39, 0.29) is 0 Å². The van der Waals surface area contributed by atoms with Gasteiger partial charge in [-0.3, -0.25) is 0 Å². The first-order valence-electron chi connectivity index (χ1n) is 6.53. The summed E-state index contributed by atoms with van der Waals surface area (Å²) in [6.07, 6.45) is 3.68. The molecular weight excluding hydrogens is 246 g/mol. The van der Waals surface area contributed by atoms with Crippen LogP contribution >= 0.6 is 11.3 Å². The predicted octanol–water partition coefficient (Wildman–Crippen LogP) is 1.65. The van der Waals surface area contributed by atoms with Gasteiger partial charge in [0.1, 0.15) is 0 Å². The molecule has 0 unspecified atom stereocenters. The Kier molecular flexibility index (Phi) is 5.12. The van der Waals surface area contributed by atoms with E-state index in [2.05, 4.69) is 24.3 Å². The first-order valence-corrected chi connectivity index (χ1v) is 7.35. The van der Waals surface area contributed by atoms with Crippen molar-refractivity contribution in [1.29, 1.82) is 0 Å². The standard InChI is InChI=1S/C13H23N3OS/c1-16(2)7-6-13-15-11(9-17-3)12(18-13)8-14-10-4-5-10/h10,14H,4-9H2,1-3H3. The highest BCUT2D eigenvalue weighted by molar-refractivity contribution is 7.11. The maximum atomic E-state index is 5.24. The van der Waals surface area contributed by atoms with Crippen LogP contribution in [0, 0.1) is 0 Å². The Labute approximate surface area is 113 Å². The quantitative estimate of drug-likeness (QED) is 0.778. The van der Waals surface area contributed by atoms with Gasteiger partial charge in [0.2, 0.25) is 0 Å². The van der Waals surface area contributed by atoms with E-state index >= 15 is 0 Å². The molecule has 0 bridgehead atoms. The first-order chi connectivity index (χ1) is 8.69. The molecule has 1 fully saturated rings. The summed E-state index contributed by atoms with van der Waals surface area (Å²) >= 11 is 1.83. The van der Waals surface area contributed by atoms with Gasteiger partial charge in [0.25, 0.3) is 0 Å². The third kappa shape index (κ3) is 4.31. The number of hydrogen-bond acceptors (Lipinski definition) is 5. The smallest absolute Gasteiger partial charge is 0.0945 e. The Morgan fingerprint density at radius 3 is 2.83 bits per heavy atom. The van der Waals surface area contributed by atoms with Crippen molar-refractivity contribution in [2.45, 2.75) is 38.5 Å². The molecule has 1 heterocycles. The summed E-state index contributed by atoms with van der Waals surface area (Å²) in [6.45, 7) is 2.62. The van der Waals surface area contributed by atoms with Gasteiger partial charge >= 0.3 is 0 Å². The zero-order valence-electron chi connectivity index (χ0n) is 11.5. The summed E-state index contributed by atoms with van der Waals surface area (Å²) in [7, 11) is 5.93. The number of aromatic nitrogens is 1. The normalized spacial score (nSPS) is 15.6. The van der Waals surface area contributed by atoms with Crippen LogP contribution in [-0.4, -0.2) is 43.7 Å². The van der Waals surface area contributed by atoms with Crippen molar-refractivity contribution in [3.05, 3.63) is 15.6 Å². The molecule has 18 heavy (non-hydrogen) atoms. The lowest BCUT2D eigenvalue weighted by Crippen LogP contribution is -2.15. The molecule has 1 aliphatic rings. The Morgan fingerprint density at radius 1 is 1.44 bits per heavy atom. The Balaban J connectivity index is 1.95. The molecule has 1 aromatic heterocycles. The van der Waals surface area contributed by atoms with Crippen LogP contribution in [-0.2, 0) is 24.3 Å². The summed E-state index contributed by atoms with van der Waals surface area (Å²) in [4.78, 5) is 8.24. The highest BCUT2D eigenvalue weighted by Crippen LogP contribution is 2.23. The van der Waals surface area contributed by atoms with E-state index in [1.165, 1.54) is 22.7 Å². The number of rotatable bonds is 8. The molecule has 0 atom stereocenters. The van der Waals surface area contributed by atoms with E-state index in [0.29, 0.717) is 6.61 Å². The van der Waals surface area contributed by atoms with E-state index in [1.807, 2.05) is 11.3 Å². The minimum Gasteiger partial charge on any atom is -0.378 e. The largest absolute Gasteiger partial charge is 0.378 e. The van der Waals surface area contributed by atoms with Gasteiger partial charge in [0.05, 0.1) is 17.3 Å². The van der Waals surface area contributed by atoms with Crippen molar-refractivity contribution in [3.63, 3.8) is 0 Å². The summed E-state index contributed by atoms with van der Waals surface area (Å²) < 4.78 is 5.24. The van der Waals surface area contributed by atoms with Crippen molar-refractivity contribution in [2.24, 2.45) is 0 Å². The SMILES string of the molecule is COCc1nc(CCN(C)C)sc1CNC1CC1. The number of nitrogens with zero attached hydrogens (tertiary/aromatic N) is 2. The molecular formula is C13H23N3OS. The second-order valence-electron chi connectivity index (χ2n) is 5.12. The highest BCUT2D eigenvalue weighted by Gasteiger charge is 2.21. The van der Waals surface area contributed by atoms with Gasteiger partial charge in [-0.25, -0.2) is 4.98 Å². The van der Waals surface area contributed by atoms with Crippen molar-refractivity contribution < 1.29 is 4.74 Å². The molecule has 1 aliphatic carbocycles. The van der Waals surface area contributed by atoms with E-state index < -0.39 is 0 Å². The molecule has 1 aromatic rings. The summed E-state index contributed by atoms with van der Waals surface area (Å²) in [5, 5.41) is 4.78. The molecule has 1 N–H and O–H groups in total. The molecule has 2 rings (SSSR count). The van der Waals surface area contributed by atoms with Crippen molar-refractivity contribution in [1.82, 2.24) is 15.2 Å². The topological polar surface area (TPSA) is 37.4 Å². The molecule has 0 aromatic carbocycles. The van der Waals surface area contributed by atoms with Gasteiger partial charge in [0.15, 0.2) is 0 Å². The molecule has 0 spiro atoms. The van der Waals surface area contributed by atoms with Gasteiger partial charge in [-0.05, 0) is 26.9 Å². The summed E-state index contributed by atoms with van der Waals surface area (Å²) in [6, 6.07) is 0.743. The number of ether oxygens (including phenoxy) is 1. The number of likely N-dealkylation sites (N-methyl/N-ethyl adjacent to an activating group) is 1. The maximum absolute atomic E-state index is 5.24. The van der Waals surface area contributed by atoms with Gasteiger partial charge in [-0.1, -0.05) is 0 Å². The Morgan fingerprint density at radius 2 is 2.22 bits per heavy atom. The molecule has 0 radical (unpaired) electrons. The minimum absolute atomic E-state index is 0.625. The van der Waals surface area contributed by atoms with Crippen LogP contribution in [0.25, 0.3) is 0 Å². The van der Waals surface area contributed by atoms with Gasteiger partial charge < -0.3 is 15.0 Å². The van der Waals surface area contributed by atoms with E-state index in [4.69, 9.17) is 9.72 Å². The monoisotopic (exact) mass is 269 g/mol. The van der Waals surface area contributed by atoms with Crippen molar-refractivity contribution in [3.8, 4) is 0 Å².